The Hall–Kier alpha value is -3.02. The first-order chi connectivity index (χ1) is 12.7. The van der Waals surface area contributed by atoms with E-state index in [0.717, 1.165) is 31.2 Å². The molecule has 0 radical (unpaired) electrons. The van der Waals surface area contributed by atoms with Crippen LogP contribution >= 0.6 is 0 Å². The average Bonchev–Trinajstić information content (AvgIpc) is 3.35. The molecule has 1 aromatic carbocycles. The molecule has 0 bridgehead atoms. The van der Waals surface area contributed by atoms with E-state index in [9.17, 15) is 4.79 Å². The molecule has 1 N–H and O–H groups in total. The third-order valence-corrected chi connectivity index (χ3v) is 5.21. The van der Waals surface area contributed by atoms with E-state index in [1.54, 1.807) is 17.2 Å². The molecule has 1 amide bonds. The third kappa shape index (κ3) is 2.87. The number of rotatable bonds is 4. The van der Waals surface area contributed by atoms with Crippen LogP contribution in [0.5, 0.6) is 0 Å². The van der Waals surface area contributed by atoms with Gasteiger partial charge >= 0.3 is 0 Å². The van der Waals surface area contributed by atoms with Gasteiger partial charge in [0.1, 0.15) is 12.7 Å². The third-order valence-electron chi connectivity index (χ3n) is 5.21. The molecule has 26 heavy (non-hydrogen) atoms. The molecular weight excluding hydrogens is 326 g/mol. The van der Waals surface area contributed by atoms with Crippen molar-refractivity contribution < 1.29 is 4.79 Å². The van der Waals surface area contributed by atoms with Gasteiger partial charge in [-0.1, -0.05) is 37.1 Å². The van der Waals surface area contributed by atoms with E-state index in [1.807, 2.05) is 24.3 Å². The van der Waals surface area contributed by atoms with E-state index < -0.39 is 5.41 Å². The molecule has 0 spiro atoms. The van der Waals surface area contributed by atoms with Crippen molar-refractivity contribution in [2.45, 2.75) is 38.0 Å². The molecule has 2 aromatic heterocycles. The minimum Gasteiger partial charge on any atom is -0.324 e. The maximum absolute atomic E-state index is 13.2. The lowest BCUT2D eigenvalue weighted by Gasteiger charge is -2.29. The molecule has 132 valence electrons. The van der Waals surface area contributed by atoms with Crippen molar-refractivity contribution in [3.8, 4) is 5.82 Å². The predicted molar refractivity (Wildman–Crippen MR) is 99.1 cm³/mol. The predicted octanol–water partition coefficient (Wildman–Crippen LogP) is 3.42. The monoisotopic (exact) mass is 347 g/mol. The quantitative estimate of drug-likeness (QED) is 0.785. The fraction of sp³-hybridized carbons (Fsp3) is 0.300. The lowest BCUT2D eigenvalue weighted by molar-refractivity contribution is -0.121. The molecular formula is C20H21N5O. The van der Waals surface area contributed by atoms with E-state index >= 15 is 0 Å². The van der Waals surface area contributed by atoms with Gasteiger partial charge < -0.3 is 5.32 Å². The van der Waals surface area contributed by atoms with Crippen LogP contribution in [0.2, 0.25) is 0 Å². The molecule has 3 aromatic rings. The van der Waals surface area contributed by atoms with E-state index in [4.69, 9.17) is 0 Å². The van der Waals surface area contributed by atoms with E-state index in [0.29, 0.717) is 11.5 Å². The fourth-order valence-corrected chi connectivity index (χ4v) is 3.88. The van der Waals surface area contributed by atoms with Gasteiger partial charge in [0.15, 0.2) is 5.82 Å². The summed E-state index contributed by atoms with van der Waals surface area (Å²) in [6.45, 7) is 2.08. The maximum atomic E-state index is 13.2. The van der Waals surface area contributed by atoms with Crippen LogP contribution in [0.1, 0.15) is 36.8 Å². The molecule has 6 nitrogen and oxygen atoms in total. The van der Waals surface area contributed by atoms with E-state index in [2.05, 4.69) is 39.4 Å². The second kappa shape index (κ2) is 6.71. The minimum absolute atomic E-state index is 0.0552. The van der Waals surface area contributed by atoms with Crippen molar-refractivity contribution in [2.75, 3.05) is 5.32 Å². The van der Waals surface area contributed by atoms with Crippen molar-refractivity contribution in [3.05, 3.63) is 66.4 Å². The van der Waals surface area contributed by atoms with Gasteiger partial charge in [-0.3, -0.25) is 4.79 Å². The SMILES string of the molecule is Cc1ccccc1C1(C(=O)Nc2ccc(-n3cncn3)nc2)CCCC1. The van der Waals surface area contributed by atoms with Crippen LogP contribution in [-0.2, 0) is 10.2 Å². The summed E-state index contributed by atoms with van der Waals surface area (Å²) in [6.07, 6.45) is 8.63. The summed E-state index contributed by atoms with van der Waals surface area (Å²) in [5.41, 5.74) is 2.56. The largest absolute Gasteiger partial charge is 0.324 e. The Labute approximate surface area is 152 Å². The van der Waals surface area contributed by atoms with Crippen LogP contribution in [0, 0.1) is 6.92 Å². The molecule has 6 heteroatoms. The average molecular weight is 347 g/mol. The summed E-state index contributed by atoms with van der Waals surface area (Å²) >= 11 is 0. The zero-order valence-corrected chi connectivity index (χ0v) is 14.7. The summed E-state index contributed by atoms with van der Waals surface area (Å²) in [7, 11) is 0. The number of nitrogens with zero attached hydrogens (tertiary/aromatic N) is 4. The highest BCUT2D eigenvalue weighted by Crippen LogP contribution is 2.43. The Morgan fingerprint density at radius 3 is 2.62 bits per heavy atom. The van der Waals surface area contributed by atoms with Gasteiger partial charge in [-0.25, -0.2) is 14.6 Å². The molecule has 1 aliphatic rings. The topological polar surface area (TPSA) is 72.7 Å². The van der Waals surface area contributed by atoms with Crippen molar-refractivity contribution in [3.63, 3.8) is 0 Å². The van der Waals surface area contributed by atoms with Crippen LogP contribution in [0.4, 0.5) is 5.69 Å². The van der Waals surface area contributed by atoms with Gasteiger partial charge in [-0.05, 0) is 43.0 Å². The Balaban J connectivity index is 1.59. The number of benzene rings is 1. The fourth-order valence-electron chi connectivity index (χ4n) is 3.88. The Kier molecular flexibility index (Phi) is 4.24. The van der Waals surface area contributed by atoms with Gasteiger partial charge in [0.25, 0.3) is 0 Å². The van der Waals surface area contributed by atoms with Gasteiger partial charge in [-0.15, -0.1) is 0 Å². The minimum atomic E-state index is -0.448. The molecule has 1 fully saturated rings. The first-order valence-corrected chi connectivity index (χ1v) is 8.88. The van der Waals surface area contributed by atoms with E-state index in [-0.39, 0.29) is 5.91 Å². The van der Waals surface area contributed by atoms with Crippen LogP contribution in [0.25, 0.3) is 5.82 Å². The maximum Gasteiger partial charge on any atom is 0.235 e. The summed E-state index contributed by atoms with van der Waals surface area (Å²) in [5.74, 6) is 0.717. The van der Waals surface area contributed by atoms with Crippen LogP contribution in [-0.4, -0.2) is 25.7 Å². The Morgan fingerprint density at radius 2 is 1.96 bits per heavy atom. The molecule has 0 saturated heterocycles. The van der Waals surface area contributed by atoms with Crippen LogP contribution < -0.4 is 5.32 Å². The number of anilines is 1. The summed E-state index contributed by atoms with van der Waals surface area (Å²) in [4.78, 5) is 21.5. The van der Waals surface area contributed by atoms with Crippen molar-refractivity contribution in [2.24, 2.45) is 0 Å². The van der Waals surface area contributed by atoms with Crippen LogP contribution in [0.3, 0.4) is 0 Å². The molecule has 0 unspecified atom stereocenters. The molecule has 1 saturated carbocycles. The zero-order chi connectivity index (χ0) is 18.0. The molecule has 0 aliphatic heterocycles. The lowest BCUT2D eigenvalue weighted by atomic mass is 9.76. The summed E-state index contributed by atoms with van der Waals surface area (Å²) < 4.78 is 1.58. The highest BCUT2D eigenvalue weighted by molar-refractivity contribution is 5.99. The smallest absolute Gasteiger partial charge is 0.235 e. The number of aromatic nitrogens is 4. The molecule has 1 aliphatic carbocycles. The molecule has 2 heterocycles. The number of aryl methyl sites for hydroxylation is 1. The highest BCUT2D eigenvalue weighted by atomic mass is 16.2. The number of hydrogen-bond acceptors (Lipinski definition) is 4. The van der Waals surface area contributed by atoms with Crippen molar-refractivity contribution in [1.82, 2.24) is 19.7 Å². The Bertz CT molecular complexity index is 896. The molecule has 4 rings (SSSR count). The second-order valence-electron chi connectivity index (χ2n) is 6.80. The number of amides is 1. The number of nitrogens with one attached hydrogen (secondary N) is 1. The summed E-state index contributed by atoms with van der Waals surface area (Å²) in [6, 6.07) is 11.9. The van der Waals surface area contributed by atoms with Crippen molar-refractivity contribution >= 4 is 11.6 Å². The second-order valence-corrected chi connectivity index (χ2v) is 6.80. The van der Waals surface area contributed by atoms with Crippen LogP contribution in [0.15, 0.2) is 55.2 Å². The number of carbonyl (C=O) groups is 1. The van der Waals surface area contributed by atoms with Crippen molar-refractivity contribution in [1.29, 1.82) is 0 Å². The summed E-state index contributed by atoms with van der Waals surface area (Å²) in [5, 5.41) is 7.13. The number of carbonyl (C=O) groups excluding carboxylic acids is 1. The van der Waals surface area contributed by atoms with E-state index in [1.165, 1.54) is 11.9 Å². The van der Waals surface area contributed by atoms with Gasteiger partial charge in [-0.2, -0.15) is 5.10 Å². The number of hydrogen-bond donors (Lipinski definition) is 1. The standard InChI is InChI=1S/C20H21N5O/c1-15-6-2-3-7-17(15)20(10-4-5-11-20)19(26)24-16-8-9-18(22-12-16)25-14-21-13-23-25/h2-3,6-9,12-14H,4-5,10-11H2,1H3,(H,24,26). The Morgan fingerprint density at radius 1 is 1.15 bits per heavy atom. The van der Waals surface area contributed by atoms with Gasteiger partial charge in [0.05, 0.1) is 17.3 Å². The first-order valence-electron chi connectivity index (χ1n) is 8.88. The van der Waals surface area contributed by atoms with Gasteiger partial charge in [0.2, 0.25) is 5.91 Å². The lowest BCUT2D eigenvalue weighted by Crippen LogP contribution is -2.38. The van der Waals surface area contributed by atoms with Gasteiger partial charge in [0, 0.05) is 0 Å². The first kappa shape index (κ1) is 16.4. The zero-order valence-electron chi connectivity index (χ0n) is 14.7. The highest BCUT2D eigenvalue weighted by Gasteiger charge is 2.43. The normalized spacial score (nSPS) is 15.7. The molecule has 0 atom stereocenters. The number of pyridine rings is 1.